The molecule has 3 unspecified atom stereocenters. The smallest absolute Gasteiger partial charge is 0.225 e. The summed E-state index contributed by atoms with van der Waals surface area (Å²) < 4.78 is 2.63. The summed E-state index contributed by atoms with van der Waals surface area (Å²) in [5.74, 6) is 2.88. The number of halogens is 2. The molecule has 1 aromatic heterocycles. The fraction of sp³-hybridized carbons (Fsp3) is 0.474. The Morgan fingerprint density at radius 3 is 2.76 bits per heavy atom. The van der Waals surface area contributed by atoms with Crippen LogP contribution in [0.15, 0.2) is 34.9 Å². The van der Waals surface area contributed by atoms with E-state index in [-0.39, 0.29) is 5.91 Å². The van der Waals surface area contributed by atoms with E-state index in [1.807, 2.05) is 35.1 Å². The second kappa shape index (κ2) is 7.12. The number of hydrogen-bond acceptors (Lipinski definition) is 2. The van der Waals surface area contributed by atoms with Crippen molar-refractivity contribution in [1.29, 1.82) is 0 Å². The van der Waals surface area contributed by atoms with Gasteiger partial charge in [0.25, 0.3) is 0 Å². The maximum absolute atomic E-state index is 12.4. The Morgan fingerprint density at radius 1 is 1.28 bits per heavy atom. The number of fused-ring (bicyclic) bond motifs is 2. The van der Waals surface area contributed by atoms with Gasteiger partial charge in [0, 0.05) is 17.6 Å². The van der Waals surface area contributed by atoms with Crippen molar-refractivity contribution < 1.29 is 4.79 Å². The number of amides is 1. The van der Waals surface area contributed by atoms with E-state index in [9.17, 15) is 4.79 Å². The van der Waals surface area contributed by atoms with E-state index in [1.54, 1.807) is 0 Å². The van der Waals surface area contributed by atoms with E-state index in [4.69, 9.17) is 11.6 Å². The summed E-state index contributed by atoms with van der Waals surface area (Å²) >= 11 is 9.41. The van der Waals surface area contributed by atoms with Crippen molar-refractivity contribution in [2.75, 3.05) is 5.32 Å². The third-order valence-electron chi connectivity index (χ3n) is 5.56. The number of benzene rings is 1. The van der Waals surface area contributed by atoms with Crippen LogP contribution in [0.1, 0.15) is 37.7 Å². The topological polar surface area (TPSA) is 46.9 Å². The standard InChI is InChI=1S/C19H21BrClN3O/c20-17-11-24(10-12-2-5-16(21)6-3-12)23-19(17)22-18(25)9-15-8-13-1-4-14(15)7-13/h2-3,5-6,11,13-15H,1,4,7-10H2,(H,22,23,25). The van der Waals surface area contributed by atoms with E-state index in [2.05, 4.69) is 26.3 Å². The average Bonchev–Trinajstić information content (AvgIpc) is 3.26. The molecule has 1 heterocycles. The highest BCUT2D eigenvalue weighted by Crippen LogP contribution is 2.49. The van der Waals surface area contributed by atoms with Crippen molar-refractivity contribution in [1.82, 2.24) is 9.78 Å². The van der Waals surface area contributed by atoms with Crippen LogP contribution in [0.4, 0.5) is 5.82 Å². The molecule has 132 valence electrons. The Labute approximate surface area is 161 Å². The minimum atomic E-state index is 0.0787. The number of rotatable bonds is 5. The van der Waals surface area contributed by atoms with Gasteiger partial charge >= 0.3 is 0 Å². The number of nitrogens with zero attached hydrogens (tertiary/aromatic N) is 2. The molecule has 3 atom stereocenters. The van der Waals surface area contributed by atoms with Gasteiger partial charge in [0.15, 0.2) is 5.82 Å². The summed E-state index contributed by atoms with van der Waals surface area (Å²) in [5, 5.41) is 8.19. The van der Waals surface area contributed by atoms with Gasteiger partial charge < -0.3 is 5.32 Å². The quantitative estimate of drug-likeness (QED) is 0.727. The Balaban J connectivity index is 1.36. The SMILES string of the molecule is O=C(CC1CC2CCC1C2)Nc1nn(Cc2ccc(Cl)cc2)cc1Br. The highest BCUT2D eigenvalue weighted by atomic mass is 79.9. The molecular formula is C19H21BrClN3O. The number of hydrogen-bond donors (Lipinski definition) is 1. The van der Waals surface area contributed by atoms with Gasteiger partial charge in [-0.2, -0.15) is 5.10 Å². The van der Waals surface area contributed by atoms with Crippen LogP contribution < -0.4 is 5.32 Å². The predicted molar refractivity (Wildman–Crippen MR) is 103 cm³/mol. The summed E-state index contributed by atoms with van der Waals surface area (Å²) in [5.41, 5.74) is 1.11. The fourth-order valence-electron chi connectivity index (χ4n) is 4.39. The first-order valence-electron chi connectivity index (χ1n) is 8.84. The lowest BCUT2D eigenvalue weighted by Gasteiger charge is -2.20. The molecule has 2 aliphatic carbocycles. The maximum Gasteiger partial charge on any atom is 0.225 e. The summed E-state index contributed by atoms with van der Waals surface area (Å²) in [6.45, 7) is 0.637. The van der Waals surface area contributed by atoms with Crippen LogP contribution in [-0.2, 0) is 11.3 Å². The van der Waals surface area contributed by atoms with Gasteiger partial charge in [-0.3, -0.25) is 9.48 Å². The summed E-state index contributed by atoms with van der Waals surface area (Å²) in [6, 6.07) is 7.69. The zero-order valence-corrected chi connectivity index (χ0v) is 16.3. The zero-order valence-electron chi connectivity index (χ0n) is 13.9. The van der Waals surface area contributed by atoms with Crippen molar-refractivity contribution in [3.8, 4) is 0 Å². The molecule has 2 fully saturated rings. The van der Waals surface area contributed by atoms with Crippen molar-refractivity contribution in [3.05, 3.63) is 45.5 Å². The molecule has 4 nitrogen and oxygen atoms in total. The first kappa shape index (κ1) is 17.1. The molecule has 4 rings (SSSR count). The predicted octanol–water partition coefficient (Wildman–Crippen LogP) is 5.11. The van der Waals surface area contributed by atoms with Gasteiger partial charge in [0.2, 0.25) is 5.91 Å². The fourth-order valence-corrected chi connectivity index (χ4v) is 4.93. The molecule has 0 saturated heterocycles. The molecule has 2 bridgehead atoms. The van der Waals surface area contributed by atoms with Crippen LogP contribution in [-0.4, -0.2) is 15.7 Å². The number of carbonyl (C=O) groups excluding carboxylic acids is 1. The van der Waals surface area contributed by atoms with E-state index in [0.29, 0.717) is 24.7 Å². The van der Waals surface area contributed by atoms with Crippen LogP contribution in [0.2, 0.25) is 5.02 Å². The number of nitrogens with one attached hydrogen (secondary N) is 1. The molecular weight excluding hydrogens is 402 g/mol. The van der Waals surface area contributed by atoms with Crippen LogP contribution in [0.5, 0.6) is 0 Å². The molecule has 0 aliphatic heterocycles. The van der Waals surface area contributed by atoms with Crippen LogP contribution in [0.25, 0.3) is 0 Å². The van der Waals surface area contributed by atoms with Crippen molar-refractivity contribution in [2.24, 2.45) is 17.8 Å². The lowest BCUT2D eigenvalue weighted by Crippen LogP contribution is -2.20. The average molecular weight is 423 g/mol. The maximum atomic E-state index is 12.4. The van der Waals surface area contributed by atoms with E-state index >= 15 is 0 Å². The van der Waals surface area contributed by atoms with Crippen LogP contribution in [0, 0.1) is 17.8 Å². The lowest BCUT2D eigenvalue weighted by atomic mass is 9.86. The summed E-state index contributed by atoms with van der Waals surface area (Å²) in [6.07, 6.45) is 7.74. The lowest BCUT2D eigenvalue weighted by molar-refractivity contribution is -0.117. The first-order chi connectivity index (χ1) is 12.1. The highest BCUT2D eigenvalue weighted by molar-refractivity contribution is 9.10. The number of aromatic nitrogens is 2. The van der Waals surface area contributed by atoms with Gasteiger partial charge in [-0.1, -0.05) is 30.2 Å². The molecule has 0 spiro atoms. The second-order valence-corrected chi connectivity index (χ2v) is 8.63. The molecule has 1 amide bonds. The van der Waals surface area contributed by atoms with E-state index in [0.717, 1.165) is 26.9 Å². The Hall–Kier alpha value is -1.33. The summed E-state index contributed by atoms with van der Waals surface area (Å²) in [7, 11) is 0. The van der Waals surface area contributed by atoms with Crippen molar-refractivity contribution in [3.63, 3.8) is 0 Å². The third-order valence-corrected chi connectivity index (χ3v) is 6.40. The minimum absolute atomic E-state index is 0.0787. The molecule has 1 aromatic carbocycles. The van der Waals surface area contributed by atoms with Gasteiger partial charge in [-0.25, -0.2) is 0 Å². The minimum Gasteiger partial charge on any atom is -0.308 e. The second-order valence-electron chi connectivity index (χ2n) is 7.34. The molecule has 1 N–H and O–H groups in total. The van der Waals surface area contributed by atoms with Crippen LogP contribution in [0.3, 0.4) is 0 Å². The van der Waals surface area contributed by atoms with E-state index in [1.165, 1.54) is 25.7 Å². The number of carbonyl (C=O) groups is 1. The first-order valence-corrected chi connectivity index (χ1v) is 10.0. The Bertz CT molecular complexity index is 773. The molecule has 2 aliphatic rings. The van der Waals surface area contributed by atoms with Crippen molar-refractivity contribution in [2.45, 2.75) is 38.6 Å². The molecule has 2 aromatic rings. The highest BCUT2D eigenvalue weighted by Gasteiger charge is 2.40. The van der Waals surface area contributed by atoms with Gasteiger partial charge in [0.05, 0.1) is 11.0 Å². The largest absolute Gasteiger partial charge is 0.308 e. The van der Waals surface area contributed by atoms with Crippen LogP contribution >= 0.6 is 27.5 Å². The zero-order chi connectivity index (χ0) is 17.4. The number of anilines is 1. The van der Waals surface area contributed by atoms with Gasteiger partial charge in [-0.15, -0.1) is 0 Å². The molecule has 25 heavy (non-hydrogen) atoms. The third kappa shape index (κ3) is 3.93. The molecule has 6 heteroatoms. The molecule has 0 radical (unpaired) electrons. The summed E-state index contributed by atoms with van der Waals surface area (Å²) in [4.78, 5) is 12.4. The monoisotopic (exact) mass is 421 g/mol. The van der Waals surface area contributed by atoms with Gasteiger partial charge in [-0.05, 0) is 70.6 Å². The van der Waals surface area contributed by atoms with Gasteiger partial charge in [0.1, 0.15) is 0 Å². The molecule has 2 saturated carbocycles. The Kier molecular flexibility index (Phi) is 4.87. The Morgan fingerprint density at radius 2 is 2.08 bits per heavy atom. The normalized spacial score (nSPS) is 24.6. The van der Waals surface area contributed by atoms with E-state index < -0.39 is 0 Å². The van der Waals surface area contributed by atoms with Crippen molar-refractivity contribution >= 4 is 39.3 Å².